The fourth-order valence-corrected chi connectivity index (χ4v) is 3.77. The predicted molar refractivity (Wildman–Crippen MR) is 66.1 cm³/mol. The van der Waals surface area contributed by atoms with Crippen molar-refractivity contribution in [2.45, 2.75) is 23.8 Å². The van der Waals surface area contributed by atoms with E-state index in [-0.39, 0.29) is 16.6 Å². The zero-order chi connectivity index (χ0) is 12.8. The molecule has 1 aromatic rings. The van der Waals surface area contributed by atoms with E-state index in [2.05, 4.69) is 14.6 Å². The van der Waals surface area contributed by atoms with Gasteiger partial charge in [0.25, 0.3) is 0 Å². The van der Waals surface area contributed by atoms with Gasteiger partial charge in [-0.1, -0.05) is 0 Å². The first kappa shape index (κ1) is 11.4. The Hall–Kier alpha value is -1.65. The molecule has 1 atom stereocenters. The highest BCUT2D eigenvalue weighted by atomic mass is 32.2. The van der Waals surface area contributed by atoms with E-state index in [4.69, 9.17) is 6.57 Å². The Balaban J connectivity index is 2.22. The summed E-state index contributed by atoms with van der Waals surface area (Å²) in [5, 5.41) is 0. The molecule has 0 aromatic carbocycles. The predicted octanol–water partition coefficient (Wildman–Crippen LogP) is 0.893. The van der Waals surface area contributed by atoms with E-state index in [0.717, 1.165) is 19.4 Å². The molecular formula is C11H12N4O2S. The molecule has 0 radical (unpaired) electrons. The fourth-order valence-electron chi connectivity index (χ4n) is 2.51. The average molecular weight is 264 g/mol. The second-order valence-electron chi connectivity index (χ2n) is 4.47. The third-order valence-corrected chi connectivity index (χ3v) is 4.82. The summed E-state index contributed by atoms with van der Waals surface area (Å²) in [5.41, 5.74) is 0.247. The summed E-state index contributed by atoms with van der Waals surface area (Å²) in [6.45, 7) is 8.18. The molecule has 3 heterocycles. The molecule has 2 aliphatic heterocycles. The molecule has 3 rings (SSSR count). The molecule has 7 heteroatoms. The molecule has 1 aromatic heterocycles. The molecule has 94 valence electrons. The summed E-state index contributed by atoms with van der Waals surface area (Å²) in [6.07, 6.45) is 3.44. The number of fused-ring (bicyclic) bond motifs is 3. The van der Waals surface area contributed by atoms with Crippen molar-refractivity contribution in [2.75, 3.05) is 18.0 Å². The Morgan fingerprint density at radius 1 is 1.56 bits per heavy atom. The number of nitrogens with zero attached hydrogens (tertiary/aromatic N) is 3. The lowest BCUT2D eigenvalue weighted by atomic mass is 10.2. The molecule has 6 nitrogen and oxygen atoms in total. The third-order valence-electron chi connectivity index (χ3n) is 3.40. The van der Waals surface area contributed by atoms with Gasteiger partial charge in [-0.3, -0.25) is 0 Å². The van der Waals surface area contributed by atoms with Gasteiger partial charge in [-0.25, -0.2) is 23.0 Å². The Morgan fingerprint density at radius 3 is 3.17 bits per heavy atom. The summed E-state index contributed by atoms with van der Waals surface area (Å²) in [6, 6.07) is 1.57. The maximum atomic E-state index is 12.1. The molecule has 18 heavy (non-hydrogen) atoms. The Labute approximate surface area is 106 Å². The van der Waals surface area contributed by atoms with E-state index in [9.17, 15) is 8.42 Å². The molecule has 2 aliphatic rings. The van der Waals surface area contributed by atoms with Gasteiger partial charge in [-0.15, -0.1) is 0 Å². The zero-order valence-electron chi connectivity index (χ0n) is 9.63. The van der Waals surface area contributed by atoms with Crippen LogP contribution in [0.1, 0.15) is 12.8 Å². The van der Waals surface area contributed by atoms with Crippen molar-refractivity contribution in [2.24, 2.45) is 0 Å². The number of sulfonamides is 1. The lowest BCUT2D eigenvalue weighted by Crippen LogP contribution is -2.36. The van der Waals surface area contributed by atoms with Crippen LogP contribution in [0.3, 0.4) is 0 Å². The number of nitrogens with one attached hydrogen (secondary N) is 1. The first-order valence-electron chi connectivity index (χ1n) is 5.75. The lowest BCUT2D eigenvalue weighted by molar-refractivity contribution is 0.575. The molecule has 0 saturated carbocycles. The van der Waals surface area contributed by atoms with Crippen LogP contribution in [0.5, 0.6) is 0 Å². The second-order valence-corrected chi connectivity index (χ2v) is 6.20. The van der Waals surface area contributed by atoms with Crippen molar-refractivity contribution in [1.82, 2.24) is 9.71 Å². The fraction of sp³-hybridized carbons (Fsp3) is 0.455. The normalized spacial score (nSPS) is 24.8. The van der Waals surface area contributed by atoms with Crippen molar-refractivity contribution in [1.29, 1.82) is 0 Å². The topological polar surface area (TPSA) is 66.7 Å². The molecule has 0 aliphatic carbocycles. The van der Waals surface area contributed by atoms with Crippen LogP contribution < -0.4 is 9.62 Å². The van der Waals surface area contributed by atoms with Gasteiger partial charge in [0.05, 0.1) is 6.57 Å². The highest BCUT2D eigenvalue weighted by molar-refractivity contribution is 7.89. The van der Waals surface area contributed by atoms with E-state index >= 15 is 0 Å². The van der Waals surface area contributed by atoms with Crippen LogP contribution in [-0.4, -0.2) is 32.5 Å². The summed E-state index contributed by atoms with van der Waals surface area (Å²) < 4.78 is 26.8. The number of hydrogen-bond donors (Lipinski definition) is 1. The van der Waals surface area contributed by atoms with Crippen molar-refractivity contribution in [3.63, 3.8) is 0 Å². The summed E-state index contributed by atoms with van der Waals surface area (Å²) in [4.78, 5) is 9.57. The number of hydrogen-bond acceptors (Lipinski definition) is 4. The molecule has 1 fully saturated rings. The number of anilines is 1. The van der Waals surface area contributed by atoms with Crippen molar-refractivity contribution >= 4 is 21.5 Å². The molecular weight excluding hydrogens is 252 g/mol. The van der Waals surface area contributed by atoms with Crippen molar-refractivity contribution in [3.8, 4) is 0 Å². The van der Waals surface area contributed by atoms with E-state index in [1.54, 1.807) is 0 Å². The monoisotopic (exact) mass is 264 g/mol. The van der Waals surface area contributed by atoms with Gasteiger partial charge < -0.3 is 4.90 Å². The Morgan fingerprint density at radius 2 is 2.39 bits per heavy atom. The minimum Gasteiger partial charge on any atom is -0.351 e. The van der Waals surface area contributed by atoms with Crippen LogP contribution in [0.25, 0.3) is 4.85 Å². The average Bonchev–Trinajstić information content (AvgIpc) is 2.80. The van der Waals surface area contributed by atoms with Crippen LogP contribution in [0.4, 0.5) is 11.5 Å². The van der Waals surface area contributed by atoms with E-state index in [0.29, 0.717) is 12.4 Å². The van der Waals surface area contributed by atoms with Crippen LogP contribution in [0.15, 0.2) is 17.2 Å². The smallest absolute Gasteiger partial charge is 0.243 e. The van der Waals surface area contributed by atoms with Gasteiger partial charge in [-0.2, -0.15) is 0 Å². The summed E-state index contributed by atoms with van der Waals surface area (Å²) in [5.74, 6) is 0.481. The zero-order valence-corrected chi connectivity index (χ0v) is 10.4. The highest BCUT2D eigenvalue weighted by Crippen LogP contribution is 2.33. The van der Waals surface area contributed by atoms with Crippen LogP contribution in [0, 0.1) is 6.57 Å². The van der Waals surface area contributed by atoms with Crippen LogP contribution >= 0.6 is 0 Å². The van der Waals surface area contributed by atoms with E-state index in [1.165, 1.54) is 12.3 Å². The maximum Gasteiger partial charge on any atom is 0.243 e. The molecule has 0 unspecified atom stereocenters. The van der Waals surface area contributed by atoms with Crippen molar-refractivity contribution < 1.29 is 8.42 Å². The molecule has 0 spiro atoms. The van der Waals surface area contributed by atoms with Gasteiger partial charge in [-0.05, 0) is 18.9 Å². The number of rotatable bonds is 0. The SMILES string of the molecule is [C-]#[N+]c1cnc2c(c1)S(=O)(=O)NC[C@H]1CCCN21. The number of pyridine rings is 1. The number of aromatic nitrogens is 1. The van der Waals surface area contributed by atoms with Crippen molar-refractivity contribution in [3.05, 3.63) is 23.7 Å². The first-order chi connectivity index (χ1) is 8.62. The standard InChI is InChI=1S/C11H12N4O2S/c1-12-8-5-10-11(13-6-8)15-4-2-3-9(15)7-14-18(10,16)17/h5-6,9,14H,2-4,7H2/t9-/m1/s1. The van der Waals surface area contributed by atoms with E-state index < -0.39 is 10.0 Å². The third kappa shape index (κ3) is 1.65. The molecule has 0 bridgehead atoms. The maximum absolute atomic E-state index is 12.1. The lowest BCUT2D eigenvalue weighted by Gasteiger charge is -2.23. The van der Waals surface area contributed by atoms with Gasteiger partial charge >= 0.3 is 0 Å². The first-order valence-corrected chi connectivity index (χ1v) is 7.24. The second kappa shape index (κ2) is 3.93. The molecule has 1 saturated heterocycles. The molecule has 1 N–H and O–H groups in total. The Bertz CT molecular complexity index is 635. The van der Waals surface area contributed by atoms with Crippen LogP contribution in [0.2, 0.25) is 0 Å². The highest BCUT2D eigenvalue weighted by Gasteiger charge is 2.35. The summed E-state index contributed by atoms with van der Waals surface area (Å²) in [7, 11) is -3.55. The minimum absolute atomic E-state index is 0.125. The molecule has 0 amide bonds. The summed E-state index contributed by atoms with van der Waals surface area (Å²) >= 11 is 0. The quantitative estimate of drug-likeness (QED) is 0.707. The van der Waals surface area contributed by atoms with Gasteiger partial charge in [0.1, 0.15) is 10.7 Å². The Kier molecular flexibility index (Phi) is 2.50. The van der Waals surface area contributed by atoms with Crippen LogP contribution in [-0.2, 0) is 10.0 Å². The van der Waals surface area contributed by atoms with Gasteiger partial charge in [0.2, 0.25) is 15.7 Å². The van der Waals surface area contributed by atoms with E-state index in [1.807, 2.05) is 4.90 Å². The minimum atomic E-state index is -3.55. The van der Waals surface area contributed by atoms with Gasteiger partial charge in [0.15, 0.2) is 0 Å². The largest absolute Gasteiger partial charge is 0.351 e. The van der Waals surface area contributed by atoms with Gasteiger partial charge in [0, 0.05) is 25.3 Å².